The lowest BCUT2D eigenvalue weighted by atomic mass is 10.0. The third kappa shape index (κ3) is 2.67. The molecule has 1 atom stereocenters. The maximum absolute atomic E-state index is 12.6. The molecule has 0 radical (unpaired) electrons. The predicted molar refractivity (Wildman–Crippen MR) is 87.4 cm³/mol. The van der Waals surface area contributed by atoms with Crippen molar-refractivity contribution < 1.29 is 19.4 Å². The number of aromatic amines is 1. The Morgan fingerprint density at radius 3 is 3.00 bits per heavy atom. The number of aliphatic carboxylic acids is 1. The van der Waals surface area contributed by atoms with Gasteiger partial charge in [-0.15, -0.1) is 0 Å². The summed E-state index contributed by atoms with van der Waals surface area (Å²) in [7, 11) is 0. The maximum atomic E-state index is 12.6. The summed E-state index contributed by atoms with van der Waals surface area (Å²) in [6.07, 6.45) is 3.63. The minimum absolute atomic E-state index is 0.127. The molecule has 126 valence electrons. The normalized spacial score (nSPS) is 13.9. The summed E-state index contributed by atoms with van der Waals surface area (Å²) in [5.41, 5.74) is 2.07. The number of H-pyrrole nitrogens is 1. The second-order valence-electron chi connectivity index (χ2n) is 5.67. The largest absolute Gasteiger partial charge is 0.493 e. The highest BCUT2D eigenvalue weighted by atomic mass is 16.5. The molecule has 1 amide bonds. The highest BCUT2D eigenvalue weighted by molar-refractivity contribution is 6.04. The summed E-state index contributed by atoms with van der Waals surface area (Å²) < 4.78 is 5.43. The Hall–Kier alpha value is -3.42. The molecule has 2 aromatic heterocycles. The highest BCUT2D eigenvalue weighted by Gasteiger charge is 2.26. The van der Waals surface area contributed by atoms with Crippen LogP contribution in [0.25, 0.3) is 11.0 Å². The van der Waals surface area contributed by atoms with Gasteiger partial charge < -0.3 is 20.1 Å². The summed E-state index contributed by atoms with van der Waals surface area (Å²) >= 11 is 0. The van der Waals surface area contributed by atoms with Crippen LogP contribution in [0, 0.1) is 0 Å². The van der Waals surface area contributed by atoms with E-state index in [1.54, 1.807) is 30.5 Å². The third-order valence-corrected chi connectivity index (χ3v) is 4.14. The van der Waals surface area contributed by atoms with Crippen LogP contribution in [-0.4, -0.2) is 38.5 Å². The van der Waals surface area contributed by atoms with Crippen LogP contribution in [0.5, 0.6) is 5.75 Å². The molecule has 0 unspecified atom stereocenters. The SMILES string of the molecule is O=C(N[C@H](C(=O)O)c1ccc2c(c1)CCO2)c1ncnc2[nH]ccc12. The number of rotatable bonds is 4. The van der Waals surface area contributed by atoms with Gasteiger partial charge in [0, 0.05) is 12.6 Å². The van der Waals surface area contributed by atoms with Crippen molar-refractivity contribution in [1.82, 2.24) is 20.3 Å². The van der Waals surface area contributed by atoms with Crippen molar-refractivity contribution in [3.05, 3.63) is 53.6 Å². The van der Waals surface area contributed by atoms with Gasteiger partial charge in [-0.05, 0) is 29.3 Å². The number of carboxylic acid groups (broad SMARTS) is 1. The van der Waals surface area contributed by atoms with E-state index in [2.05, 4.69) is 20.3 Å². The Bertz CT molecular complexity index is 982. The van der Waals surface area contributed by atoms with Crippen molar-refractivity contribution in [2.45, 2.75) is 12.5 Å². The van der Waals surface area contributed by atoms with Gasteiger partial charge in [-0.3, -0.25) is 4.79 Å². The zero-order chi connectivity index (χ0) is 17.4. The van der Waals surface area contributed by atoms with Crippen LogP contribution in [0.3, 0.4) is 0 Å². The molecule has 8 nitrogen and oxygen atoms in total. The zero-order valence-corrected chi connectivity index (χ0v) is 13.0. The van der Waals surface area contributed by atoms with Gasteiger partial charge in [0.25, 0.3) is 5.91 Å². The lowest BCUT2D eigenvalue weighted by molar-refractivity contribution is -0.139. The Kier molecular flexibility index (Phi) is 3.57. The Morgan fingerprint density at radius 1 is 1.28 bits per heavy atom. The average Bonchev–Trinajstić information content (AvgIpc) is 3.26. The summed E-state index contributed by atoms with van der Waals surface area (Å²) in [5.74, 6) is -0.966. The zero-order valence-electron chi connectivity index (χ0n) is 13.0. The number of benzene rings is 1. The molecule has 1 aliphatic heterocycles. The van der Waals surface area contributed by atoms with E-state index in [4.69, 9.17) is 4.74 Å². The number of ether oxygens (including phenoxy) is 1. The van der Waals surface area contributed by atoms with Gasteiger partial charge in [0.1, 0.15) is 23.4 Å². The van der Waals surface area contributed by atoms with Gasteiger partial charge in [-0.25, -0.2) is 14.8 Å². The Labute approximate surface area is 141 Å². The van der Waals surface area contributed by atoms with Gasteiger partial charge in [0.2, 0.25) is 0 Å². The summed E-state index contributed by atoms with van der Waals surface area (Å²) in [4.78, 5) is 35.2. The van der Waals surface area contributed by atoms with E-state index in [-0.39, 0.29) is 5.69 Å². The minimum atomic E-state index is -1.18. The molecular formula is C17H14N4O4. The number of aromatic nitrogens is 3. The van der Waals surface area contributed by atoms with Gasteiger partial charge in [0.05, 0.1) is 12.0 Å². The summed E-state index contributed by atoms with van der Waals surface area (Å²) in [5, 5.41) is 12.6. The second-order valence-corrected chi connectivity index (χ2v) is 5.67. The number of hydrogen-bond donors (Lipinski definition) is 3. The number of nitrogens with zero attached hydrogens (tertiary/aromatic N) is 2. The third-order valence-electron chi connectivity index (χ3n) is 4.14. The summed E-state index contributed by atoms with van der Waals surface area (Å²) in [6, 6.07) is 5.63. The van der Waals surface area contributed by atoms with Crippen molar-refractivity contribution in [2.24, 2.45) is 0 Å². The molecule has 0 fully saturated rings. The van der Waals surface area contributed by atoms with Gasteiger partial charge in [-0.1, -0.05) is 6.07 Å². The van der Waals surface area contributed by atoms with Gasteiger partial charge in [0.15, 0.2) is 6.04 Å². The Balaban J connectivity index is 1.65. The molecule has 0 saturated carbocycles. The number of fused-ring (bicyclic) bond motifs is 2. The molecule has 0 spiro atoms. The predicted octanol–water partition coefficient (Wildman–Crippen LogP) is 1.45. The molecule has 1 aromatic carbocycles. The first-order valence-corrected chi connectivity index (χ1v) is 7.71. The van der Waals surface area contributed by atoms with Crippen LogP contribution in [0.4, 0.5) is 0 Å². The smallest absolute Gasteiger partial charge is 0.330 e. The Morgan fingerprint density at radius 2 is 2.16 bits per heavy atom. The lowest BCUT2D eigenvalue weighted by Gasteiger charge is -2.15. The van der Waals surface area contributed by atoms with E-state index in [9.17, 15) is 14.7 Å². The van der Waals surface area contributed by atoms with Gasteiger partial charge >= 0.3 is 5.97 Å². The van der Waals surface area contributed by atoms with Crippen LogP contribution in [0.2, 0.25) is 0 Å². The molecule has 4 rings (SSSR count). The first kappa shape index (κ1) is 15.1. The topological polar surface area (TPSA) is 117 Å². The van der Waals surface area contributed by atoms with Crippen molar-refractivity contribution in [3.63, 3.8) is 0 Å². The molecule has 3 aromatic rings. The van der Waals surface area contributed by atoms with Crippen LogP contribution in [-0.2, 0) is 11.2 Å². The van der Waals surface area contributed by atoms with Crippen molar-refractivity contribution >= 4 is 22.9 Å². The average molecular weight is 338 g/mol. The van der Waals surface area contributed by atoms with Crippen molar-refractivity contribution in [3.8, 4) is 5.75 Å². The molecule has 3 heterocycles. The van der Waals surface area contributed by atoms with Crippen LogP contribution >= 0.6 is 0 Å². The van der Waals surface area contributed by atoms with E-state index in [0.29, 0.717) is 23.2 Å². The van der Waals surface area contributed by atoms with E-state index in [0.717, 1.165) is 17.7 Å². The van der Waals surface area contributed by atoms with Crippen molar-refractivity contribution in [2.75, 3.05) is 6.61 Å². The van der Waals surface area contributed by atoms with Gasteiger partial charge in [-0.2, -0.15) is 0 Å². The highest BCUT2D eigenvalue weighted by Crippen LogP contribution is 2.28. The quantitative estimate of drug-likeness (QED) is 0.663. The van der Waals surface area contributed by atoms with E-state index in [1.165, 1.54) is 6.33 Å². The standard InChI is InChI=1S/C17H14N4O4/c22-16(14-11-3-5-18-15(11)20-8-19-14)21-13(17(23)24)10-1-2-12-9(7-10)4-6-25-12/h1-3,5,7-8,13H,4,6H2,(H,21,22)(H,23,24)(H,18,19,20)/t13-/m0/s1. The van der Waals surface area contributed by atoms with Crippen LogP contribution < -0.4 is 10.1 Å². The second kappa shape index (κ2) is 5.90. The van der Waals surface area contributed by atoms with E-state index >= 15 is 0 Å². The van der Waals surface area contributed by atoms with Crippen molar-refractivity contribution in [1.29, 1.82) is 0 Å². The molecule has 0 bridgehead atoms. The fourth-order valence-electron chi connectivity index (χ4n) is 2.93. The fraction of sp³-hybridized carbons (Fsp3) is 0.176. The molecule has 1 aliphatic rings. The molecule has 8 heteroatoms. The fourth-order valence-corrected chi connectivity index (χ4v) is 2.93. The molecular weight excluding hydrogens is 324 g/mol. The number of carbonyl (C=O) groups is 2. The first-order chi connectivity index (χ1) is 12.1. The van der Waals surface area contributed by atoms with E-state index in [1.807, 2.05) is 0 Å². The van der Waals surface area contributed by atoms with E-state index < -0.39 is 17.9 Å². The number of hydrogen-bond acceptors (Lipinski definition) is 5. The molecule has 3 N–H and O–H groups in total. The summed E-state index contributed by atoms with van der Waals surface area (Å²) in [6.45, 7) is 0.579. The van der Waals surface area contributed by atoms with Crippen LogP contribution in [0.1, 0.15) is 27.7 Å². The van der Waals surface area contributed by atoms with Crippen LogP contribution in [0.15, 0.2) is 36.8 Å². The molecule has 0 aliphatic carbocycles. The number of nitrogens with one attached hydrogen (secondary N) is 2. The monoisotopic (exact) mass is 338 g/mol. The molecule has 25 heavy (non-hydrogen) atoms. The number of carbonyl (C=O) groups excluding carboxylic acids is 1. The number of amides is 1. The minimum Gasteiger partial charge on any atom is -0.493 e. The lowest BCUT2D eigenvalue weighted by Crippen LogP contribution is -2.34. The maximum Gasteiger partial charge on any atom is 0.330 e. The first-order valence-electron chi connectivity index (χ1n) is 7.71. The number of carboxylic acids is 1. The molecule has 0 saturated heterocycles.